The highest BCUT2D eigenvalue weighted by atomic mass is 32.1. The van der Waals surface area contributed by atoms with Crippen LogP contribution in [0.25, 0.3) is 11.4 Å². The van der Waals surface area contributed by atoms with E-state index in [0.717, 1.165) is 40.5 Å². The van der Waals surface area contributed by atoms with Gasteiger partial charge in [0.2, 0.25) is 0 Å². The van der Waals surface area contributed by atoms with Gasteiger partial charge in [0.1, 0.15) is 11.5 Å². The van der Waals surface area contributed by atoms with Gasteiger partial charge in [-0.05, 0) is 12.3 Å². The molecule has 3 aromatic rings. The number of hydrogen-bond acceptors (Lipinski definition) is 6. The summed E-state index contributed by atoms with van der Waals surface area (Å²) in [6, 6.07) is 9.75. The number of benzene rings is 1. The second kappa shape index (κ2) is 8.06. The number of nitrogens with zero attached hydrogens (tertiary/aromatic N) is 3. The number of carbonyl (C=O) groups is 1. The number of carbonyl (C=O) groups excluding carboxylic acids is 1. The summed E-state index contributed by atoms with van der Waals surface area (Å²) >= 11 is 1.69. The SMILES string of the molecule is CC(C)c1csc(CCNc2nc(-c3ccccc3)nc3c2CCNC3=O)n1. The van der Waals surface area contributed by atoms with Crippen molar-refractivity contribution >= 4 is 23.1 Å². The van der Waals surface area contributed by atoms with Crippen molar-refractivity contribution in [1.29, 1.82) is 0 Å². The third-order valence-corrected chi connectivity index (χ3v) is 5.63. The van der Waals surface area contributed by atoms with E-state index in [1.54, 1.807) is 11.3 Å². The highest BCUT2D eigenvalue weighted by Gasteiger charge is 2.24. The fourth-order valence-corrected chi connectivity index (χ4v) is 4.11. The zero-order valence-electron chi connectivity index (χ0n) is 16.0. The van der Waals surface area contributed by atoms with Crippen LogP contribution in [0.3, 0.4) is 0 Å². The lowest BCUT2D eigenvalue weighted by molar-refractivity contribution is 0.0940. The Morgan fingerprint density at radius 2 is 2.00 bits per heavy atom. The lowest BCUT2D eigenvalue weighted by atomic mass is 10.1. The van der Waals surface area contributed by atoms with Gasteiger partial charge in [0.15, 0.2) is 5.82 Å². The molecule has 1 aliphatic heterocycles. The molecule has 6 nitrogen and oxygen atoms in total. The first-order valence-electron chi connectivity index (χ1n) is 9.54. The van der Waals surface area contributed by atoms with Crippen LogP contribution in [0.2, 0.25) is 0 Å². The molecule has 7 heteroatoms. The van der Waals surface area contributed by atoms with Gasteiger partial charge < -0.3 is 10.6 Å². The Balaban J connectivity index is 1.58. The van der Waals surface area contributed by atoms with Crippen molar-refractivity contribution in [3.05, 3.63) is 57.7 Å². The van der Waals surface area contributed by atoms with Crippen LogP contribution < -0.4 is 10.6 Å². The van der Waals surface area contributed by atoms with Crippen LogP contribution in [0.1, 0.15) is 46.5 Å². The predicted molar refractivity (Wildman–Crippen MR) is 112 cm³/mol. The van der Waals surface area contributed by atoms with Crippen molar-refractivity contribution in [2.45, 2.75) is 32.6 Å². The van der Waals surface area contributed by atoms with Gasteiger partial charge in [-0.1, -0.05) is 44.2 Å². The first-order chi connectivity index (χ1) is 13.6. The van der Waals surface area contributed by atoms with Gasteiger partial charge in [0.05, 0.1) is 10.7 Å². The van der Waals surface area contributed by atoms with Gasteiger partial charge >= 0.3 is 0 Å². The van der Waals surface area contributed by atoms with Crippen LogP contribution in [0.4, 0.5) is 5.82 Å². The molecule has 3 heterocycles. The maximum Gasteiger partial charge on any atom is 0.270 e. The number of fused-ring (bicyclic) bond motifs is 1. The molecule has 0 unspecified atom stereocenters. The lowest BCUT2D eigenvalue weighted by Gasteiger charge is -2.20. The van der Waals surface area contributed by atoms with Crippen molar-refractivity contribution in [2.75, 3.05) is 18.4 Å². The average Bonchev–Trinajstić information content (AvgIpc) is 3.18. The number of thiazole rings is 1. The molecule has 144 valence electrons. The molecule has 0 saturated heterocycles. The standard InChI is InChI=1S/C21H23N5OS/c1-13(2)16-12-28-17(24-16)9-11-22-20-15-8-10-23-21(27)18(15)25-19(26-20)14-6-4-3-5-7-14/h3-7,12-13H,8-11H2,1-2H3,(H,23,27)(H,22,25,26). The molecule has 1 amide bonds. The Labute approximate surface area is 168 Å². The largest absolute Gasteiger partial charge is 0.369 e. The summed E-state index contributed by atoms with van der Waals surface area (Å²) in [5.74, 6) is 1.62. The summed E-state index contributed by atoms with van der Waals surface area (Å²) in [6.07, 6.45) is 1.55. The molecular weight excluding hydrogens is 370 g/mol. The molecule has 1 aromatic carbocycles. The predicted octanol–water partition coefficient (Wildman–Crippen LogP) is 3.66. The van der Waals surface area contributed by atoms with Crippen molar-refractivity contribution < 1.29 is 4.79 Å². The third-order valence-electron chi connectivity index (χ3n) is 4.71. The molecule has 28 heavy (non-hydrogen) atoms. The van der Waals surface area contributed by atoms with Gasteiger partial charge in [0.25, 0.3) is 5.91 Å². The van der Waals surface area contributed by atoms with Crippen molar-refractivity contribution in [1.82, 2.24) is 20.3 Å². The Kier molecular flexibility index (Phi) is 5.34. The first kappa shape index (κ1) is 18.6. The van der Waals surface area contributed by atoms with Crippen LogP contribution in [0, 0.1) is 0 Å². The summed E-state index contributed by atoms with van der Waals surface area (Å²) in [5.41, 5.74) is 3.40. The Hall–Kier alpha value is -2.80. The van der Waals surface area contributed by atoms with E-state index in [2.05, 4.69) is 39.8 Å². The number of aromatic nitrogens is 3. The highest BCUT2D eigenvalue weighted by molar-refractivity contribution is 7.09. The van der Waals surface area contributed by atoms with Gasteiger partial charge in [-0.15, -0.1) is 11.3 Å². The monoisotopic (exact) mass is 393 g/mol. The lowest BCUT2D eigenvalue weighted by Crippen LogP contribution is -2.34. The maximum atomic E-state index is 12.3. The summed E-state index contributed by atoms with van der Waals surface area (Å²) in [7, 11) is 0. The minimum absolute atomic E-state index is 0.134. The molecule has 2 aromatic heterocycles. The van der Waals surface area contributed by atoms with Crippen LogP contribution >= 0.6 is 11.3 Å². The van der Waals surface area contributed by atoms with Gasteiger partial charge in [-0.2, -0.15) is 0 Å². The van der Waals surface area contributed by atoms with Crippen LogP contribution in [-0.4, -0.2) is 33.9 Å². The normalized spacial score (nSPS) is 13.3. The zero-order chi connectivity index (χ0) is 19.5. The average molecular weight is 394 g/mol. The molecule has 0 saturated carbocycles. The smallest absolute Gasteiger partial charge is 0.270 e. The topological polar surface area (TPSA) is 79.8 Å². The fourth-order valence-electron chi connectivity index (χ4n) is 3.15. The van der Waals surface area contributed by atoms with E-state index in [-0.39, 0.29) is 5.91 Å². The van der Waals surface area contributed by atoms with E-state index in [1.807, 2.05) is 30.3 Å². The van der Waals surface area contributed by atoms with E-state index >= 15 is 0 Å². The molecule has 1 aliphatic rings. The van der Waals surface area contributed by atoms with E-state index in [4.69, 9.17) is 4.98 Å². The van der Waals surface area contributed by atoms with Crippen molar-refractivity contribution in [3.63, 3.8) is 0 Å². The van der Waals surface area contributed by atoms with Gasteiger partial charge in [-0.3, -0.25) is 4.79 Å². The second-order valence-corrected chi connectivity index (χ2v) is 8.04. The Bertz CT molecular complexity index is 984. The van der Waals surface area contributed by atoms with Crippen molar-refractivity contribution in [3.8, 4) is 11.4 Å². The van der Waals surface area contributed by atoms with E-state index in [9.17, 15) is 4.79 Å². The number of nitrogens with one attached hydrogen (secondary N) is 2. The molecule has 0 bridgehead atoms. The molecular formula is C21H23N5OS. The number of rotatable bonds is 6. The number of anilines is 1. The molecule has 0 spiro atoms. The molecule has 4 rings (SSSR count). The maximum absolute atomic E-state index is 12.3. The second-order valence-electron chi connectivity index (χ2n) is 7.09. The number of hydrogen-bond donors (Lipinski definition) is 2. The van der Waals surface area contributed by atoms with Gasteiger partial charge in [0, 0.05) is 36.0 Å². The molecule has 0 fully saturated rings. The summed E-state index contributed by atoms with van der Waals surface area (Å²) in [4.78, 5) is 26.3. The van der Waals surface area contributed by atoms with E-state index < -0.39 is 0 Å². The van der Waals surface area contributed by atoms with Gasteiger partial charge in [-0.25, -0.2) is 15.0 Å². The summed E-state index contributed by atoms with van der Waals surface area (Å²) in [5, 5.41) is 9.54. The summed E-state index contributed by atoms with van der Waals surface area (Å²) < 4.78 is 0. The molecule has 0 aliphatic carbocycles. The van der Waals surface area contributed by atoms with E-state index in [0.29, 0.717) is 30.5 Å². The zero-order valence-corrected chi connectivity index (χ0v) is 16.8. The van der Waals surface area contributed by atoms with E-state index in [1.165, 1.54) is 0 Å². The third kappa shape index (κ3) is 3.89. The molecule has 0 atom stereocenters. The number of amides is 1. The Morgan fingerprint density at radius 3 is 2.75 bits per heavy atom. The van der Waals surface area contributed by atoms with Crippen LogP contribution in [-0.2, 0) is 12.8 Å². The first-order valence-corrected chi connectivity index (χ1v) is 10.4. The molecule has 0 radical (unpaired) electrons. The van der Waals surface area contributed by atoms with Crippen molar-refractivity contribution in [2.24, 2.45) is 0 Å². The quantitative estimate of drug-likeness (QED) is 0.668. The highest BCUT2D eigenvalue weighted by Crippen LogP contribution is 2.25. The van der Waals surface area contributed by atoms with Crippen LogP contribution in [0.15, 0.2) is 35.7 Å². The fraction of sp³-hybridized carbons (Fsp3) is 0.333. The van der Waals surface area contributed by atoms with Crippen LogP contribution in [0.5, 0.6) is 0 Å². The minimum Gasteiger partial charge on any atom is -0.369 e. The minimum atomic E-state index is -0.134. The molecule has 2 N–H and O–H groups in total. The Morgan fingerprint density at radius 1 is 1.18 bits per heavy atom. The summed E-state index contributed by atoms with van der Waals surface area (Å²) in [6.45, 7) is 5.63.